The van der Waals surface area contributed by atoms with Gasteiger partial charge < -0.3 is 15.4 Å². The van der Waals surface area contributed by atoms with Crippen LogP contribution >= 0.6 is 11.6 Å². The van der Waals surface area contributed by atoms with E-state index < -0.39 is 23.2 Å². The van der Waals surface area contributed by atoms with Gasteiger partial charge in [-0.05, 0) is 68.5 Å². The summed E-state index contributed by atoms with van der Waals surface area (Å²) in [6.45, 7) is 6.28. The second-order valence-electron chi connectivity index (χ2n) is 5.92. The van der Waals surface area contributed by atoms with E-state index in [2.05, 4.69) is 10.6 Å². The number of anilines is 1. The summed E-state index contributed by atoms with van der Waals surface area (Å²) < 4.78 is 18.9. The van der Waals surface area contributed by atoms with Crippen molar-refractivity contribution in [1.29, 1.82) is 0 Å². The van der Waals surface area contributed by atoms with Crippen molar-refractivity contribution in [2.45, 2.75) is 52.7 Å². The zero-order chi connectivity index (χ0) is 19.1. The Labute approximate surface area is 151 Å². The van der Waals surface area contributed by atoms with Crippen molar-refractivity contribution in [3.63, 3.8) is 0 Å². The van der Waals surface area contributed by atoms with Crippen LogP contribution in [0.3, 0.4) is 0 Å². The zero-order valence-corrected chi connectivity index (χ0v) is 15.4. The van der Waals surface area contributed by atoms with E-state index >= 15 is 0 Å². The lowest BCUT2D eigenvalue weighted by atomic mass is 10.00. The first-order valence-corrected chi connectivity index (χ1v) is 8.21. The summed E-state index contributed by atoms with van der Waals surface area (Å²) in [6.07, 6.45) is -0.638. The highest BCUT2D eigenvalue weighted by molar-refractivity contribution is 6.64. The molecule has 1 rings (SSSR count). The molecule has 0 bridgehead atoms. The quantitative estimate of drug-likeness (QED) is 0.719. The fraction of sp³-hybridized carbons (Fsp3) is 0.471. The molecule has 0 aliphatic heterocycles. The molecule has 2 amide bonds. The van der Waals surface area contributed by atoms with E-state index in [9.17, 15) is 18.8 Å². The smallest absolute Gasteiger partial charge is 0.408 e. The van der Waals surface area contributed by atoms with Crippen molar-refractivity contribution in [3.8, 4) is 0 Å². The Morgan fingerprint density at radius 2 is 1.92 bits per heavy atom. The molecule has 1 unspecified atom stereocenters. The lowest BCUT2D eigenvalue weighted by molar-refractivity contribution is -0.114. The molecule has 8 heteroatoms. The number of alkyl carbamates (subject to hydrolysis) is 1. The van der Waals surface area contributed by atoms with Gasteiger partial charge in [0.2, 0.25) is 11.1 Å². The molecular weight excluding hydrogens is 351 g/mol. The molecule has 0 saturated heterocycles. The van der Waals surface area contributed by atoms with Crippen LogP contribution in [0.25, 0.3) is 0 Å². The summed E-state index contributed by atoms with van der Waals surface area (Å²) in [5.41, 5.74) is 1.33. The molecule has 25 heavy (non-hydrogen) atoms. The van der Waals surface area contributed by atoms with E-state index in [4.69, 9.17) is 16.3 Å². The van der Waals surface area contributed by atoms with Crippen molar-refractivity contribution in [2.75, 3.05) is 5.32 Å². The van der Waals surface area contributed by atoms with Crippen molar-refractivity contribution >= 4 is 34.5 Å². The van der Waals surface area contributed by atoms with Gasteiger partial charge in [0, 0.05) is 12.6 Å². The second-order valence-corrected chi connectivity index (χ2v) is 6.29. The molecule has 0 aromatic heterocycles. The van der Waals surface area contributed by atoms with Gasteiger partial charge in [0.05, 0.1) is 6.10 Å². The Kier molecular flexibility index (Phi) is 7.83. The zero-order valence-electron chi connectivity index (χ0n) is 14.6. The number of nitrogens with one attached hydrogen (secondary N) is 2. The van der Waals surface area contributed by atoms with Crippen molar-refractivity contribution in [3.05, 3.63) is 29.1 Å². The summed E-state index contributed by atoms with van der Waals surface area (Å²) in [4.78, 5) is 34.3. The Morgan fingerprint density at radius 3 is 2.44 bits per heavy atom. The number of ether oxygens (including phenoxy) is 1. The van der Waals surface area contributed by atoms with E-state index in [1.807, 2.05) is 0 Å². The molecule has 138 valence electrons. The molecule has 1 aromatic carbocycles. The normalized spacial score (nSPS) is 11.8. The minimum absolute atomic E-state index is 0.166. The maximum Gasteiger partial charge on any atom is 0.408 e. The standard InChI is InChI=1S/C17H22ClFN2O4/c1-9(2)25-17(24)21-15(16(18)23)6-5-12-7-13(20-11(4)22)8-14(19)10(12)3/h7-9,15H,5-6H2,1-4H3,(H,20,22)(H,21,24). The summed E-state index contributed by atoms with van der Waals surface area (Å²) in [5.74, 6) is -0.789. The summed E-state index contributed by atoms with van der Waals surface area (Å²) in [7, 11) is 0. The SMILES string of the molecule is CC(=O)Nc1cc(F)c(C)c(CCC(NC(=O)OC(C)C)C(=O)Cl)c1. The third-order valence-corrected chi connectivity index (χ3v) is 3.65. The Morgan fingerprint density at radius 1 is 1.28 bits per heavy atom. The lowest BCUT2D eigenvalue weighted by Crippen LogP contribution is -2.40. The average Bonchev–Trinajstić information content (AvgIpc) is 2.46. The van der Waals surface area contributed by atoms with Gasteiger partial charge in [-0.1, -0.05) is 0 Å². The highest BCUT2D eigenvalue weighted by Crippen LogP contribution is 2.21. The van der Waals surface area contributed by atoms with Crippen LogP contribution in [0.5, 0.6) is 0 Å². The first-order chi connectivity index (χ1) is 11.6. The maximum absolute atomic E-state index is 14.0. The number of amides is 2. The number of carbonyl (C=O) groups is 3. The molecule has 1 aromatic rings. The predicted molar refractivity (Wildman–Crippen MR) is 93.2 cm³/mol. The Hall–Kier alpha value is -2.15. The number of benzene rings is 1. The molecule has 6 nitrogen and oxygen atoms in total. The van der Waals surface area contributed by atoms with E-state index in [1.165, 1.54) is 13.0 Å². The van der Waals surface area contributed by atoms with Gasteiger partial charge in [-0.3, -0.25) is 9.59 Å². The molecule has 0 aliphatic carbocycles. The van der Waals surface area contributed by atoms with Crippen LogP contribution in [0, 0.1) is 12.7 Å². The van der Waals surface area contributed by atoms with Gasteiger partial charge in [0.1, 0.15) is 11.9 Å². The maximum atomic E-state index is 14.0. The number of hydrogen-bond acceptors (Lipinski definition) is 4. The number of aryl methyl sites for hydroxylation is 1. The molecular formula is C17H22ClFN2O4. The van der Waals surface area contributed by atoms with Crippen molar-refractivity contribution < 1.29 is 23.5 Å². The van der Waals surface area contributed by atoms with Crippen LogP contribution < -0.4 is 10.6 Å². The first kappa shape index (κ1) is 20.9. The predicted octanol–water partition coefficient (Wildman–Crippen LogP) is 3.29. The molecule has 0 spiro atoms. The van der Waals surface area contributed by atoms with Gasteiger partial charge in [-0.15, -0.1) is 0 Å². The van der Waals surface area contributed by atoms with Gasteiger partial charge >= 0.3 is 6.09 Å². The van der Waals surface area contributed by atoms with Gasteiger partial charge in [-0.25, -0.2) is 9.18 Å². The number of halogens is 2. The molecule has 2 N–H and O–H groups in total. The van der Waals surface area contributed by atoms with Gasteiger partial charge in [-0.2, -0.15) is 0 Å². The van der Waals surface area contributed by atoms with Crippen LogP contribution in [-0.4, -0.2) is 29.4 Å². The number of hydrogen-bond donors (Lipinski definition) is 2. The molecule has 0 fully saturated rings. The highest BCUT2D eigenvalue weighted by atomic mass is 35.5. The molecule has 0 radical (unpaired) electrons. The molecule has 1 atom stereocenters. The Balaban J connectivity index is 2.85. The fourth-order valence-corrected chi connectivity index (χ4v) is 2.37. The molecule has 0 saturated carbocycles. The monoisotopic (exact) mass is 372 g/mol. The summed E-state index contributed by atoms with van der Waals surface area (Å²) in [6, 6.07) is 1.89. The van der Waals surface area contributed by atoms with Gasteiger partial charge in [0.15, 0.2) is 0 Å². The van der Waals surface area contributed by atoms with Crippen LogP contribution in [0.2, 0.25) is 0 Å². The average molecular weight is 373 g/mol. The van der Waals surface area contributed by atoms with Crippen molar-refractivity contribution in [1.82, 2.24) is 5.32 Å². The Bertz CT molecular complexity index is 664. The third kappa shape index (κ3) is 7.09. The number of carbonyl (C=O) groups excluding carboxylic acids is 3. The topological polar surface area (TPSA) is 84.5 Å². The highest BCUT2D eigenvalue weighted by Gasteiger charge is 2.21. The second kappa shape index (κ2) is 9.36. The van der Waals surface area contributed by atoms with Crippen LogP contribution in [0.1, 0.15) is 38.3 Å². The van der Waals surface area contributed by atoms with E-state index in [1.54, 1.807) is 26.8 Å². The minimum atomic E-state index is -0.959. The molecule has 0 heterocycles. The largest absolute Gasteiger partial charge is 0.447 e. The first-order valence-electron chi connectivity index (χ1n) is 7.83. The molecule has 0 aliphatic rings. The van der Waals surface area contributed by atoms with E-state index in [0.29, 0.717) is 16.8 Å². The van der Waals surface area contributed by atoms with E-state index in [-0.39, 0.29) is 24.9 Å². The number of rotatable bonds is 7. The van der Waals surface area contributed by atoms with Crippen LogP contribution in [-0.2, 0) is 20.7 Å². The van der Waals surface area contributed by atoms with Gasteiger partial charge in [0.25, 0.3) is 0 Å². The van der Waals surface area contributed by atoms with E-state index in [0.717, 1.165) is 0 Å². The van der Waals surface area contributed by atoms with Crippen LogP contribution in [0.4, 0.5) is 14.9 Å². The fourth-order valence-electron chi connectivity index (χ4n) is 2.20. The van der Waals surface area contributed by atoms with Crippen LogP contribution in [0.15, 0.2) is 12.1 Å². The third-order valence-electron chi connectivity index (χ3n) is 3.38. The lowest BCUT2D eigenvalue weighted by Gasteiger charge is -2.17. The summed E-state index contributed by atoms with van der Waals surface area (Å²) >= 11 is 5.52. The van der Waals surface area contributed by atoms with Crippen molar-refractivity contribution in [2.24, 2.45) is 0 Å². The summed E-state index contributed by atoms with van der Waals surface area (Å²) in [5, 5.41) is 4.17. The minimum Gasteiger partial charge on any atom is -0.447 e.